The van der Waals surface area contributed by atoms with E-state index < -0.39 is 0 Å². The first-order valence-electron chi connectivity index (χ1n) is 19.4. The van der Waals surface area contributed by atoms with Crippen LogP contribution in [0.4, 0.5) is 17.1 Å². The summed E-state index contributed by atoms with van der Waals surface area (Å²) < 4.78 is 8.97. The van der Waals surface area contributed by atoms with Crippen molar-refractivity contribution in [3.05, 3.63) is 218 Å². The van der Waals surface area contributed by atoms with Crippen LogP contribution in [0.15, 0.2) is 223 Å². The van der Waals surface area contributed by atoms with E-state index in [0.29, 0.717) is 0 Å². The van der Waals surface area contributed by atoms with E-state index in [4.69, 9.17) is 4.42 Å². The third-order valence-corrected chi connectivity index (χ3v) is 11.2. The summed E-state index contributed by atoms with van der Waals surface area (Å²) in [6.07, 6.45) is 0. The van der Waals surface area contributed by atoms with Crippen molar-refractivity contribution in [2.75, 3.05) is 4.90 Å². The Kier molecular flexibility index (Phi) is 7.82. The molecule has 0 bridgehead atoms. The molecule has 0 N–H and O–H groups in total. The number of anilines is 3. The summed E-state index contributed by atoms with van der Waals surface area (Å²) in [5.41, 5.74) is 15.3. The van der Waals surface area contributed by atoms with Gasteiger partial charge in [0.25, 0.3) is 0 Å². The zero-order chi connectivity index (χ0) is 37.7. The van der Waals surface area contributed by atoms with Crippen LogP contribution in [0, 0.1) is 0 Å². The summed E-state index contributed by atoms with van der Waals surface area (Å²) in [5, 5.41) is 4.72. The predicted molar refractivity (Wildman–Crippen MR) is 239 cm³/mol. The zero-order valence-electron chi connectivity index (χ0n) is 31.1. The van der Waals surface area contributed by atoms with E-state index in [1.165, 1.54) is 38.5 Å². The molecule has 0 aliphatic rings. The Bertz CT molecular complexity index is 3180. The standard InChI is InChI=1S/C54H36N2O/c1-3-15-37(16-4-1)38-29-31-41(32-30-38)55(42-20-13-19-40(35-42)45-24-14-25-49-48-23-9-12-28-53(48)57-54(45)49)43-33-34-44(39-17-5-2-6-18-39)52(36-43)56-50-26-10-7-21-46(50)47-22-8-11-27-51(47)56/h1-36H. The summed E-state index contributed by atoms with van der Waals surface area (Å²) >= 11 is 0. The minimum absolute atomic E-state index is 0.896. The molecule has 0 aliphatic carbocycles. The number of para-hydroxylation sites is 4. The molecule has 9 aromatic carbocycles. The Hall–Kier alpha value is -7.62. The van der Waals surface area contributed by atoms with E-state index in [9.17, 15) is 0 Å². The van der Waals surface area contributed by atoms with E-state index in [1.54, 1.807) is 0 Å². The number of nitrogens with zero attached hydrogens (tertiary/aromatic N) is 2. The quantitative estimate of drug-likeness (QED) is 0.163. The van der Waals surface area contributed by atoms with Gasteiger partial charge in [0.05, 0.1) is 16.7 Å². The summed E-state index contributed by atoms with van der Waals surface area (Å²) in [6.45, 7) is 0. The minimum atomic E-state index is 0.896. The fourth-order valence-electron chi connectivity index (χ4n) is 8.56. The number of rotatable bonds is 7. The van der Waals surface area contributed by atoms with Gasteiger partial charge in [-0.3, -0.25) is 0 Å². The summed E-state index contributed by atoms with van der Waals surface area (Å²) in [7, 11) is 0. The Balaban J connectivity index is 1.14. The van der Waals surface area contributed by atoms with E-state index in [0.717, 1.165) is 61.4 Å². The molecule has 0 atom stereocenters. The van der Waals surface area contributed by atoms with Gasteiger partial charge in [0.15, 0.2) is 0 Å². The molecule has 0 fully saturated rings. The third-order valence-electron chi connectivity index (χ3n) is 11.2. The summed E-state index contributed by atoms with van der Waals surface area (Å²) in [6, 6.07) is 78.2. The molecule has 3 nitrogen and oxygen atoms in total. The van der Waals surface area contributed by atoms with E-state index in [-0.39, 0.29) is 0 Å². The molecule has 3 heteroatoms. The fraction of sp³-hybridized carbons (Fsp3) is 0. The molecule has 57 heavy (non-hydrogen) atoms. The van der Waals surface area contributed by atoms with E-state index in [2.05, 4.69) is 216 Å². The molecule has 0 amide bonds. The first kappa shape index (κ1) is 32.8. The SMILES string of the molecule is c1ccc(-c2ccc(N(c3cccc(-c4cccc5c4oc4ccccc45)c3)c3ccc(-c4ccccc4)c(-n4c5ccccc5c5ccccc54)c3)cc2)cc1. The molecule has 11 rings (SSSR count). The number of benzene rings is 9. The van der Waals surface area contributed by atoms with Crippen LogP contribution in [0.3, 0.4) is 0 Å². The van der Waals surface area contributed by atoms with Crippen molar-refractivity contribution in [1.29, 1.82) is 0 Å². The Morgan fingerprint density at radius 3 is 1.61 bits per heavy atom. The van der Waals surface area contributed by atoms with Crippen molar-refractivity contribution in [3.63, 3.8) is 0 Å². The van der Waals surface area contributed by atoms with Crippen LogP contribution < -0.4 is 4.90 Å². The van der Waals surface area contributed by atoms with Crippen LogP contribution in [0.5, 0.6) is 0 Å². The second-order valence-electron chi connectivity index (χ2n) is 14.5. The second kappa shape index (κ2) is 13.6. The highest BCUT2D eigenvalue weighted by molar-refractivity contribution is 6.11. The number of fused-ring (bicyclic) bond motifs is 6. The maximum absolute atomic E-state index is 6.53. The number of aromatic nitrogens is 1. The molecule has 0 spiro atoms. The molecular formula is C54H36N2O. The maximum atomic E-state index is 6.53. The van der Waals surface area contributed by atoms with Crippen molar-refractivity contribution >= 4 is 60.8 Å². The van der Waals surface area contributed by atoms with Crippen LogP contribution in [0.1, 0.15) is 0 Å². The van der Waals surface area contributed by atoms with Gasteiger partial charge in [-0.05, 0) is 76.9 Å². The average Bonchev–Trinajstić information content (AvgIpc) is 3.84. The number of furan rings is 1. The van der Waals surface area contributed by atoms with Gasteiger partial charge in [-0.15, -0.1) is 0 Å². The van der Waals surface area contributed by atoms with Gasteiger partial charge in [-0.2, -0.15) is 0 Å². The minimum Gasteiger partial charge on any atom is -0.455 e. The normalized spacial score (nSPS) is 11.5. The lowest BCUT2D eigenvalue weighted by molar-refractivity contribution is 0.670. The highest BCUT2D eigenvalue weighted by atomic mass is 16.3. The Labute approximate surface area is 330 Å². The van der Waals surface area contributed by atoms with Gasteiger partial charge >= 0.3 is 0 Å². The van der Waals surface area contributed by atoms with Crippen LogP contribution in [-0.4, -0.2) is 4.57 Å². The van der Waals surface area contributed by atoms with Gasteiger partial charge in [0.1, 0.15) is 11.2 Å². The largest absolute Gasteiger partial charge is 0.455 e. The summed E-state index contributed by atoms with van der Waals surface area (Å²) in [5.74, 6) is 0. The van der Waals surface area contributed by atoms with E-state index in [1.807, 2.05) is 12.1 Å². The predicted octanol–water partition coefficient (Wildman–Crippen LogP) is 15.2. The lowest BCUT2D eigenvalue weighted by atomic mass is 10.00. The van der Waals surface area contributed by atoms with Crippen molar-refractivity contribution in [2.24, 2.45) is 0 Å². The Morgan fingerprint density at radius 1 is 0.333 bits per heavy atom. The van der Waals surface area contributed by atoms with Crippen LogP contribution >= 0.6 is 0 Å². The molecule has 11 aromatic rings. The van der Waals surface area contributed by atoms with Crippen LogP contribution in [0.25, 0.3) is 82.8 Å². The van der Waals surface area contributed by atoms with E-state index >= 15 is 0 Å². The van der Waals surface area contributed by atoms with Gasteiger partial charge in [0.2, 0.25) is 0 Å². The molecule has 2 heterocycles. The molecule has 268 valence electrons. The third kappa shape index (κ3) is 5.60. The molecule has 2 aromatic heterocycles. The molecule has 0 unspecified atom stereocenters. The van der Waals surface area contributed by atoms with Gasteiger partial charge in [-0.25, -0.2) is 0 Å². The van der Waals surface area contributed by atoms with Crippen molar-refractivity contribution in [2.45, 2.75) is 0 Å². The number of hydrogen-bond acceptors (Lipinski definition) is 2. The lowest BCUT2D eigenvalue weighted by Crippen LogP contribution is -2.11. The van der Waals surface area contributed by atoms with Gasteiger partial charge in [0, 0.05) is 49.7 Å². The average molecular weight is 729 g/mol. The zero-order valence-corrected chi connectivity index (χ0v) is 31.1. The molecule has 0 saturated heterocycles. The molecular weight excluding hydrogens is 693 g/mol. The maximum Gasteiger partial charge on any atom is 0.143 e. The van der Waals surface area contributed by atoms with Crippen molar-refractivity contribution < 1.29 is 4.42 Å². The lowest BCUT2D eigenvalue weighted by Gasteiger charge is -2.28. The number of hydrogen-bond donors (Lipinski definition) is 0. The first-order valence-corrected chi connectivity index (χ1v) is 19.4. The van der Waals surface area contributed by atoms with Gasteiger partial charge in [-0.1, -0.05) is 164 Å². The topological polar surface area (TPSA) is 21.3 Å². The van der Waals surface area contributed by atoms with Gasteiger partial charge < -0.3 is 13.9 Å². The fourth-order valence-corrected chi connectivity index (χ4v) is 8.56. The van der Waals surface area contributed by atoms with Crippen LogP contribution in [0.2, 0.25) is 0 Å². The molecule has 0 saturated carbocycles. The van der Waals surface area contributed by atoms with Crippen molar-refractivity contribution in [3.8, 4) is 39.1 Å². The highest BCUT2D eigenvalue weighted by Crippen LogP contribution is 2.43. The summed E-state index contributed by atoms with van der Waals surface area (Å²) in [4.78, 5) is 2.38. The molecule has 0 radical (unpaired) electrons. The highest BCUT2D eigenvalue weighted by Gasteiger charge is 2.21. The first-order chi connectivity index (χ1) is 28.3. The smallest absolute Gasteiger partial charge is 0.143 e. The Morgan fingerprint density at radius 2 is 0.877 bits per heavy atom. The monoisotopic (exact) mass is 728 g/mol. The van der Waals surface area contributed by atoms with Crippen molar-refractivity contribution in [1.82, 2.24) is 4.57 Å². The van der Waals surface area contributed by atoms with Crippen LogP contribution in [-0.2, 0) is 0 Å². The second-order valence-corrected chi connectivity index (χ2v) is 14.5. The molecule has 0 aliphatic heterocycles.